The zero-order valence-corrected chi connectivity index (χ0v) is 9.72. The van der Waals surface area contributed by atoms with E-state index in [1.54, 1.807) is 6.20 Å². The van der Waals surface area contributed by atoms with E-state index < -0.39 is 0 Å². The first-order chi connectivity index (χ1) is 8.40. The van der Waals surface area contributed by atoms with Gasteiger partial charge in [0.2, 0.25) is 0 Å². The highest BCUT2D eigenvalue weighted by Gasteiger charge is 1.90. The molecule has 0 aliphatic carbocycles. The number of fused-ring (bicyclic) bond motifs is 1. The molecule has 3 rings (SSSR count). The van der Waals surface area contributed by atoms with Gasteiger partial charge >= 0.3 is 0 Å². The first-order valence-corrected chi connectivity index (χ1v) is 5.64. The molecule has 2 aromatic heterocycles. The lowest BCUT2D eigenvalue weighted by Crippen LogP contribution is -1.83. The van der Waals surface area contributed by atoms with E-state index in [0.717, 1.165) is 29.7 Å². The van der Waals surface area contributed by atoms with Crippen LogP contribution in [0.1, 0.15) is 19.2 Å². The number of nitrogens with one attached hydrogen (secondary N) is 2. The minimum atomic E-state index is 0.914. The van der Waals surface area contributed by atoms with E-state index in [1.807, 2.05) is 30.5 Å². The van der Waals surface area contributed by atoms with E-state index in [9.17, 15) is 0 Å². The number of aryl methyl sites for hydroxylation is 1. The molecule has 0 saturated heterocycles. The zero-order valence-electron chi connectivity index (χ0n) is 9.72. The molecular formula is C12H15N5. The Labute approximate surface area is 99.3 Å². The molecule has 0 spiro atoms. The lowest BCUT2D eigenvalue weighted by Gasteiger charge is -1.85. The molecule has 0 fully saturated rings. The maximum Gasteiger partial charge on any atom is 0.112 e. The molecule has 3 aromatic rings. The Balaban J connectivity index is 0.000000128. The van der Waals surface area contributed by atoms with Crippen molar-refractivity contribution < 1.29 is 0 Å². The predicted octanol–water partition coefficient (Wildman–Crippen LogP) is 2.32. The molecule has 0 bridgehead atoms. The summed E-state index contributed by atoms with van der Waals surface area (Å²) in [6, 6.07) is 7.70. The third-order valence-electron chi connectivity index (χ3n) is 2.26. The summed E-state index contributed by atoms with van der Waals surface area (Å²) in [4.78, 5) is 7.08. The summed E-state index contributed by atoms with van der Waals surface area (Å²) in [5.41, 5.74) is 1.83. The standard InChI is InChI=1S/C6H5N3.C6H10N2/c1-2-4-6-5(3-1)7-9-8-6;1-2-3-6-7-4-5-8-6/h1-4H,(H,7,8,9);4-5H,2-3H2,1H3,(H,7,8). The number of nitrogens with zero attached hydrogens (tertiary/aromatic N) is 3. The van der Waals surface area contributed by atoms with Crippen molar-refractivity contribution in [2.45, 2.75) is 19.8 Å². The summed E-state index contributed by atoms with van der Waals surface area (Å²) in [5.74, 6) is 1.09. The minimum absolute atomic E-state index is 0.914. The van der Waals surface area contributed by atoms with E-state index in [4.69, 9.17) is 0 Å². The molecule has 1 aromatic carbocycles. The molecule has 2 heterocycles. The summed E-state index contributed by atoms with van der Waals surface area (Å²) in [6.07, 6.45) is 5.86. The molecular weight excluding hydrogens is 214 g/mol. The van der Waals surface area contributed by atoms with Crippen molar-refractivity contribution in [2.75, 3.05) is 0 Å². The van der Waals surface area contributed by atoms with Crippen LogP contribution in [0, 0.1) is 0 Å². The van der Waals surface area contributed by atoms with Crippen LogP contribution in [0.15, 0.2) is 36.7 Å². The van der Waals surface area contributed by atoms with Crippen LogP contribution >= 0.6 is 0 Å². The first kappa shape index (κ1) is 11.3. The van der Waals surface area contributed by atoms with Crippen LogP contribution in [0.2, 0.25) is 0 Å². The van der Waals surface area contributed by atoms with Gasteiger partial charge in [0.05, 0.1) is 0 Å². The Morgan fingerprint density at radius 2 is 1.82 bits per heavy atom. The van der Waals surface area contributed by atoms with Crippen molar-refractivity contribution >= 4 is 11.0 Å². The van der Waals surface area contributed by atoms with Gasteiger partial charge in [-0.25, -0.2) is 4.98 Å². The average Bonchev–Trinajstić information content (AvgIpc) is 3.00. The summed E-state index contributed by atoms with van der Waals surface area (Å²) < 4.78 is 0. The zero-order chi connectivity index (χ0) is 11.9. The van der Waals surface area contributed by atoms with Gasteiger partial charge in [-0.3, -0.25) is 0 Å². The molecule has 0 unspecified atom stereocenters. The number of para-hydroxylation sites is 2. The quantitative estimate of drug-likeness (QED) is 0.708. The van der Waals surface area contributed by atoms with Gasteiger partial charge in [0.25, 0.3) is 0 Å². The second kappa shape index (κ2) is 5.79. The van der Waals surface area contributed by atoms with Gasteiger partial charge in [0.15, 0.2) is 0 Å². The van der Waals surface area contributed by atoms with Crippen molar-refractivity contribution in [1.82, 2.24) is 25.4 Å². The summed E-state index contributed by atoms with van der Waals surface area (Å²) in [6.45, 7) is 2.14. The molecule has 88 valence electrons. The van der Waals surface area contributed by atoms with E-state index >= 15 is 0 Å². The topological polar surface area (TPSA) is 70.2 Å². The van der Waals surface area contributed by atoms with Gasteiger partial charge in [-0.1, -0.05) is 19.1 Å². The fourth-order valence-electron chi connectivity index (χ4n) is 1.46. The molecule has 5 nitrogen and oxygen atoms in total. The molecule has 5 heteroatoms. The minimum Gasteiger partial charge on any atom is -0.349 e. The van der Waals surface area contributed by atoms with Gasteiger partial charge in [0, 0.05) is 18.8 Å². The van der Waals surface area contributed by atoms with Gasteiger partial charge in [-0.05, 0) is 18.6 Å². The van der Waals surface area contributed by atoms with Crippen molar-refractivity contribution in [3.05, 3.63) is 42.5 Å². The van der Waals surface area contributed by atoms with Crippen molar-refractivity contribution in [1.29, 1.82) is 0 Å². The third-order valence-corrected chi connectivity index (χ3v) is 2.26. The smallest absolute Gasteiger partial charge is 0.112 e. The molecule has 0 saturated carbocycles. The highest BCUT2D eigenvalue weighted by molar-refractivity contribution is 5.72. The molecule has 0 radical (unpaired) electrons. The highest BCUT2D eigenvalue weighted by atomic mass is 15.3. The Morgan fingerprint density at radius 3 is 2.35 bits per heavy atom. The Bertz CT molecular complexity index is 511. The van der Waals surface area contributed by atoms with Crippen LogP contribution in [0.3, 0.4) is 0 Å². The molecule has 17 heavy (non-hydrogen) atoms. The second-order valence-corrected chi connectivity index (χ2v) is 3.60. The van der Waals surface area contributed by atoms with E-state index in [-0.39, 0.29) is 0 Å². The Morgan fingerprint density at radius 1 is 1.12 bits per heavy atom. The maximum atomic E-state index is 4.05. The number of rotatable bonds is 2. The normalized spacial score (nSPS) is 9.94. The number of H-pyrrole nitrogens is 2. The number of imidazole rings is 1. The molecule has 0 aliphatic heterocycles. The molecule has 0 atom stereocenters. The van der Waals surface area contributed by atoms with E-state index in [1.165, 1.54) is 0 Å². The van der Waals surface area contributed by atoms with Crippen LogP contribution in [0.5, 0.6) is 0 Å². The molecule has 0 aliphatic rings. The number of hydrogen-bond acceptors (Lipinski definition) is 3. The second-order valence-electron chi connectivity index (χ2n) is 3.60. The first-order valence-electron chi connectivity index (χ1n) is 5.64. The predicted molar refractivity (Wildman–Crippen MR) is 66.5 cm³/mol. The summed E-state index contributed by atoms with van der Waals surface area (Å²) in [7, 11) is 0. The van der Waals surface area contributed by atoms with E-state index in [2.05, 4.69) is 32.3 Å². The molecule has 2 N–H and O–H groups in total. The number of benzene rings is 1. The van der Waals surface area contributed by atoms with Crippen LogP contribution < -0.4 is 0 Å². The highest BCUT2D eigenvalue weighted by Crippen LogP contribution is 2.03. The fraction of sp³-hybridized carbons (Fsp3) is 0.250. The van der Waals surface area contributed by atoms with Gasteiger partial charge in [-0.2, -0.15) is 15.4 Å². The van der Waals surface area contributed by atoms with Crippen LogP contribution in [-0.2, 0) is 6.42 Å². The van der Waals surface area contributed by atoms with Gasteiger partial charge in [-0.15, -0.1) is 0 Å². The lowest BCUT2D eigenvalue weighted by atomic mass is 10.3. The fourth-order valence-corrected chi connectivity index (χ4v) is 1.46. The van der Waals surface area contributed by atoms with Crippen LogP contribution in [0.25, 0.3) is 11.0 Å². The van der Waals surface area contributed by atoms with Crippen molar-refractivity contribution in [3.8, 4) is 0 Å². The third kappa shape index (κ3) is 3.14. The number of aromatic amines is 2. The average molecular weight is 229 g/mol. The monoisotopic (exact) mass is 229 g/mol. The van der Waals surface area contributed by atoms with E-state index in [0.29, 0.717) is 0 Å². The summed E-state index contributed by atoms with van der Waals surface area (Å²) >= 11 is 0. The SMILES string of the molecule is CCCc1ncc[nH]1.c1ccc2n[nH]nc2c1. The lowest BCUT2D eigenvalue weighted by molar-refractivity contribution is 0.856. The van der Waals surface area contributed by atoms with Crippen molar-refractivity contribution in [2.24, 2.45) is 0 Å². The number of aromatic nitrogens is 5. The largest absolute Gasteiger partial charge is 0.349 e. The van der Waals surface area contributed by atoms with Crippen LogP contribution in [-0.4, -0.2) is 25.4 Å². The van der Waals surface area contributed by atoms with Crippen LogP contribution in [0.4, 0.5) is 0 Å². The summed E-state index contributed by atoms with van der Waals surface area (Å²) in [5, 5.41) is 10.3. The number of hydrogen-bond donors (Lipinski definition) is 2. The van der Waals surface area contributed by atoms with Crippen molar-refractivity contribution in [3.63, 3.8) is 0 Å². The van der Waals surface area contributed by atoms with Gasteiger partial charge in [0.1, 0.15) is 16.9 Å². The molecule has 0 amide bonds. The Hall–Kier alpha value is -2.17. The maximum absolute atomic E-state index is 4.05. The Kier molecular flexibility index (Phi) is 3.85. The van der Waals surface area contributed by atoms with Gasteiger partial charge < -0.3 is 4.98 Å².